The Kier molecular flexibility index (Phi) is 0.873. The highest BCUT2D eigenvalue weighted by atomic mass is 16.2. The Labute approximate surface area is 142 Å². The van der Waals surface area contributed by atoms with Crippen molar-refractivity contribution in [3.05, 3.63) is 0 Å². The average Bonchev–Trinajstić information content (AvgIpc) is 3.09. The minimum absolute atomic E-state index is 1.41. The Bertz CT molecular complexity index is 1050. The van der Waals surface area contributed by atoms with E-state index in [-0.39, 0.29) is 0 Å². The number of urea groups is 1. The summed E-state index contributed by atoms with van der Waals surface area (Å²) in [5, 5.41) is 2.92. The normalized spacial score (nSPS) is 92.0. The highest BCUT2D eigenvalue weighted by molar-refractivity contribution is 6.07. The van der Waals surface area contributed by atoms with Crippen LogP contribution in [0.4, 0.5) is 4.79 Å². The molecule has 4 atom stereocenters. The standard InChI is InChI=1S/C15H24N2O2/c18-13-15(17-14(19)16-13,11-7-3-1-4-8-11)12-9-5-2-6-10-12/h11-12H,1-10H2,(H2,16,17,18,19)/i1D2,2D2,3D2,4D2,5D2,6D2,7D,8D2,9D,10D2,11D,12D. The number of carbonyl (C=O) groups is 2. The predicted octanol–water partition coefficient (Wildman–Crippen LogP) is 2.73. The number of carbonyl (C=O) groups excluding carboxylic acids is 2. The molecular formula is C15H24N2O2. The summed E-state index contributed by atoms with van der Waals surface area (Å²) in [5.74, 6) is -10.8. The number of amides is 3. The van der Waals surface area contributed by atoms with Crippen molar-refractivity contribution < 1.29 is 37.0 Å². The third-order valence-corrected chi connectivity index (χ3v) is 2.77. The van der Waals surface area contributed by atoms with Crippen LogP contribution in [-0.4, -0.2) is 17.5 Å². The second-order valence-corrected chi connectivity index (χ2v) is 3.81. The number of nitrogens with one attached hydrogen (secondary N) is 2. The van der Waals surface area contributed by atoms with Crippen LogP contribution in [0.15, 0.2) is 0 Å². The fourth-order valence-corrected chi connectivity index (χ4v) is 1.94. The molecule has 0 aromatic rings. The molecule has 106 valence electrons. The highest BCUT2D eigenvalue weighted by Crippen LogP contribution is 2.44. The van der Waals surface area contributed by atoms with Gasteiger partial charge in [-0.25, -0.2) is 4.79 Å². The second-order valence-electron chi connectivity index (χ2n) is 3.81. The summed E-state index contributed by atoms with van der Waals surface area (Å²) >= 11 is 0. The first-order valence-electron chi connectivity index (χ1n) is 15.5. The molecule has 1 heterocycles. The summed E-state index contributed by atoms with van der Waals surface area (Å²) in [4.78, 5) is 26.0. The van der Waals surface area contributed by atoms with Crippen molar-refractivity contribution in [2.24, 2.45) is 11.8 Å². The molecule has 4 unspecified atom stereocenters. The summed E-state index contributed by atoms with van der Waals surface area (Å²) in [6.45, 7) is 0. The molecule has 3 rings (SSSR count). The Morgan fingerprint density at radius 3 is 2.05 bits per heavy atom. The van der Waals surface area contributed by atoms with Gasteiger partial charge in [-0.05, 0) is 37.3 Å². The number of imide groups is 1. The van der Waals surface area contributed by atoms with Gasteiger partial charge in [0.1, 0.15) is 5.54 Å². The summed E-state index contributed by atoms with van der Waals surface area (Å²) in [5.41, 5.74) is -4.22. The molecule has 2 N–H and O–H groups in total. The monoisotopic (exact) mass is 284 g/mol. The van der Waals surface area contributed by atoms with Crippen LogP contribution in [-0.2, 0) is 4.79 Å². The summed E-state index contributed by atoms with van der Waals surface area (Å²) in [6.07, 6.45) is -39.6. The van der Waals surface area contributed by atoms with E-state index in [1.54, 1.807) is 0 Å². The molecule has 3 aliphatic rings. The largest absolute Gasteiger partial charge is 0.323 e. The van der Waals surface area contributed by atoms with Gasteiger partial charge in [-0.3, -0.25) is 10.1 Å². The predicted molar refractivity (Wildman–Crippen MR) is 72.6 cm³/mol. The lowest BCUT2D eigenvalue weighted by molar-refractivity contribution is -0.129. The van der Waals surface area contributed by atoms with E-state index in [2.05, 4.69) is 0 Å². The number of hydrogen-bond acceptors (Lipinski definition) is 2. The fourth-order valence-electron chi connectivity index (χ4n) is 1.94. The minimum atomic E-state index is -4.34. The van der Waals surface area contributed by atoms with Gasteiger partial charge >= 0.3 is 6.03 Å². The van der Waals surface area contributed by atoms with Gasteiger partial charge in [-0.2, -0.15) is 0 Å². The van der Waals surface area contributed by atoms with Gasteiger partial charge in [-0.15, -0.1) is 0 Å². The first-order chi connectivity index (χ1) is 16.8. The maximum absolute atomic E-state index is 13.5. The smallest absolute Gasteiger partial charge is 0.322 e. The highest BCUT2D eigenvalue weighted by Gasteiger charge is 2.56. The Morgan fingerprint density at radius 2 is 1.58 bits per heavy atom. The molecule has 1 saturated heterocycles. The number of rotatable bonds is 2. The second kappa shape index (κ2) is 5.14. The molecule has 3 amide bonds. The molecule has 1 aliphatic heterocycles. The molecule has 4 nitrogen and oxygen atoms in total. The molecule has 0 aromatic heterocycles. The molecule has 0 spiro atoms. The van der Waals surface area contributed by atoms with Crippen molar-refractivity contribution in [3.63, 3.8) is 0 Å². The first-order valence-corrected chi connectivity index (χ1v) is 5.31. The van der Waals surface area contributed by atoms with Crippen LogP contribution >= 0.6 is 0 Å². The molecular weight excluding hydrogens is 240 g/mol. The molecule has 19 heavy (non-hydrogen) atoms. The van der Waals surface area contributed by atoms with Gasteiger partial charge < -0.3 is 5.32 Å². The van der Waals surface area contributed by atoms with Gasteiger partial charge in [-0.1, -0.05) is 38.2 Å². The van der Waals surface area contributed by atoms with Crippen molar-refractivity contribution in [2.75, 3.05) is 0 Å². The SMILES string of the molecule is [2H]C1C([2H])([2H])C([2H])([2H])C([2H])([2H])C([2H])([2H])C1([2H])C1(C2([2H])C([2H])C([2H])([2H])C([2H])([2H])C([2H])([2H])C2([2H])[2H])NC(=O)NC1=O. The summed E-state index contributed by atoms with van der Waals surface area (Å²) in [6, 6.07) is -1.77. The van der Waals surface area contributed by atoms with Gasteiger partial charge in [0.05, 0.1) is 0 Å². The maximum atomic E-state index is 13.5. The van der Waals surface area contributed by atoms with Crippen LogP contribution in [0.25, 0.3) is 0 Å². The average molecular weight is 284 g/mol. The molecule has 2 saturated carbocycles. The van der Waals surface area contributed by atoms with Crippen molar-refractivity contribution in [3.8, 4) is 0 Å². The van der Waals surface area contributed by atoms with Gasteiger partial charge in [0.2, 0.25) is 0 Å². The Morgan fingerprint density at radius 1 is 1.00 bits per heavy atom. The lowest BCUT2D eigenvalue weighted by Gasteiger charge is -2.44. The zero-order chi connectivity index (χ0) is 31.2. The zero-order valence-electron chi connectivity index (χ0n) is 29.5. The third-order valence-electron chi connectivity index (χ3n) is 2.77. The van der Waals surface area contributed by atoms with Crippen LogP contribution in [0, 0.1) is 11.8 Å². The molecule has 0 bridgehead atoms. The Balaban J connectivity index is 2.64. The van der Waals surface area contributed by atoms with Crippen molar-refractivity contribution >= 4 is 11.9 Å². The van der Waals surface area contributed by atoms with E-state index >= 15 is 0 Å². The van der Waals surface area contributed by atoms with E-state index in [4.69, 9.17) is 27.4 Å². The van der Waals surface area contributed by atoms with Crippen LogP contribution in [0.3, 0.4) is 0 Å². The van der Waals surface area contributed by atoms with Gasteiger partial charge in [0.15, 0.2) is 0 Å². The molecule has 4 heteroatoms. The van der Waals surface area contributed by atoms with E-state index < -0.39 is 93.0 Å². The lowest BCUT2D eigenvalue weighted by atomic mass is 9.64. The fraction of sp³-hybridized carbons (Fsp3) is 0.867. The van der Waals surface area contributed by atoms with Gasteiger partial charge in [0, 0.05) is 27.4 Å². The van der Waals surface area contributed by atoms with Crippen molar-refractivity contribution in [2.45, 2.75) is 69.3 Å². The van der Waals surface area contributed by atoms with Crippen LogP contribution in [0.2, 0.25) is 0 Å². The van der Waals surface area contributed by atoms with E-state index in [0.717, 1.165) is 0 Å². The summed E-state index contributed by atoms with van der Waals surface area (Å²) in [7, 11) is 0. The topological polar surface area (TPSA) is 58.2 Å². The van der Waals surface area contributed by atoms with Crippen LogP contribution < -0.4 is 10.6 Å². The van der Waals surface area contributed by atoms with Crippen LogP contribution in [0.5, 0.6) is 0 Å². The minimum Gasteiger partial charge on any atom is -0.323 e. The lowest BCUT2D eigenvalue weighted by Crippen LogP contribution is -2.59. The van der Waals surface area contributed by atoms with Crippen molar-refractivity contribution in [1.82, 2.24) is 10.6 Å². The van der Waals surface area contributed by atoms with E-state index in [0.29, 0.717) is 0 Å². The molecule has 2 aliphatic carbocycles. The van der Waals surface area contributed by atoms with Gasteiger partial charge in [0.25, 0.3) is 5.91 Å². The quantitative estimate of drug-likeness (QED) is 0.766. The first kappa shape index (κ1) is 3.23. The molecule has 0 aromatic carbocycles. The zero-order valence-corrected chi connectivity index (χ0v) is 9.47. The Hall–Kier alpha value is -1.06. The maximum Gasteiger partial charge on any atom is 0.322 e. The van der Waals surface area contributed by atoms with E-state index in [1.807, 2.05) is 0 Å². The van der Waals surface area contributed by atoms with Crippen molar-refractivity contribution in [1.29, 1.82) is 0 Å². The third kappa shape index (κ3) is 2.15. The van der Waals surface area contributed by atoms with E-state index in [1.165, 1.54) is 10.6 Å². The number of hydrogen-bond donors (Lipinski definition) is 2. The molecule has 0 radical (unpaired) electrons. The van der Waals surface area contributed by atoms with Crippen LogP contribution in [0.1, 0.15) is 91.2 Å². The summed E-state index contributed by atoms with van der Waals surface area (Å²) < 4.78 is 166. The molecule has 3 fully saturated rings. The van der Waals surface area contributed by atoms with E-state index in [9.17, 15) is 9.59 Å².